The SMILES string of the molecule is O=C(O)c1ccc([N+](=O)[O-])c(Nc2cccc(F)c2)n1. The average molecular weight is 277 g/mol. The molecule has 0 spiro atoms. The molecular formula is C12H8FN3O4. The molecule has 20 heavy (non-hydrogen) atoms. The standard InChI is InChI=1S/C12H8FN3O4/c13-7-2-1-3-8(6-7)14-11-10(16(19)20)5-4-9(15-11)12(17)18/h1-6H,(H,14,15)(H,17,18). The Labute approximate surface area is 111 Å². The molecule has 2 N–H and O–H groups in total. The number of benzene rings is 1. The van der Waals surface area contributed by atoms with Crippen LogP contribution in [-0.4, -0.2) is 21.0 Å². The number of anilines is 2. The minimum absolute atomic E-state index is 0.225. The minimum atomic E-state index is -1.32. The average Bonchev–Trinajstić information content (AvgIpc) is 2.38. The van der Waals surface area contributed by atoms with Crippen molar-refractivity contribution in [2.45, 2.75) is 0 Å². The van der Waals surface area contributed by atoms with E-state index in [9.17, 15) is 19.3 Å². The number of carbonyl (C=O) groups is 1. The molecule has 0 saturated carbocycles. The van der Waals surface area contributed by atoms with Crippen molar-refractivity contribution in [3.05, 3.63) is 58.0 Å². The van der Waals surface area contributed by atoms with Crippen molar-refractivity contribution in [1.82, 2.24) is 4.98 Å². The molecule has 2 rings (SSSR count). The van der Waals surface area contributed by atoms with Crippen LogP contribution in [0.25, 0.3) is 0 Å². The van der Waals surface area contributed by atoms with Gasteiger partial charge in [-0.2, -0.15) is 0 Å². The molecule has 0 unspecified atom stereocenters. The molecule has 0 radical (unpaired) electrons. The lowest BCUT2D eigenvalue weighted by molar-refractivity contribution is -0.384. The number of hydrogen-bond donors (Lipinski definition) is 2. The van der Waals surface area contributed by atoms with E-state index in [1.54, 1.807) is 0 Å². The Bertz CT molecular complexity index is 690. The van der Waals surface area contributed by atoms with E-state index in [0.717, 1.165) is 18.2 Å². The van der Waals surface area contributed by atoms with Gasteiger partial charge in [-0.25, -0.2) is 14.2 Å². The molecule has 0 fully saturated rings. The van der Waals surface area contributed by atoms with Gasteiger partial charge >= 0.3 is 11.7 Å². The van der Waals surface area contributed by atoms with E-state index >= 15 is 0 Å². The summed E-state index contributed by atoms with van der Waals surface area (Å²) >= 11 is 0. The molecule has 7 nitrogen and oxygen atoms in total. The highest BCUT2D eigenvalue weighted by atomic mass is 19.1. The summed E-state index contributed by atoms with van der Waals surface area (Å²) in [5.41, 5.74) is -0.531. The number of carboxylic acids is 1. The predicted molar refractivity (Wildman–Crippen MR) is 67.5 cm³/mol. The van der Waals surface area contributed by atoms with Crippen LogP contribution in [0.2, 0.25) is 0 Å². The van der Waals surface area contributed by atoms with E-state index in [2.05, 4.69) is 10.3 Å². The first kappa shape index (κ1) is 13.4. The van der Waals surface area contributed by atoms with Crippen LogP contribution in [0.1, 0.15) is 10.5 Å². The maximum Gasteiger partial charge on any atom is 0.354 e. The number of hydrogen-bond acceptors (Lipinski definition) is 5. The number of nitrogens with one attached hydrogen (secondary N) is 1. The third-order valence-electron chi connectivity index (χ3n) is 2.38. The monoisotopic (exact) mass is 277 g/mol. The fourth-order valence-electron chi connectivity index (χ4n) is 1.51. The molecule has 1 aromatic heterocycles. The first-order chi connectivity index (χ1) is 9.47. The zero-order valence-electron chi connectivity index (χ0n) is 9.91. The van der Waals surface area contributed by atoms with E-state index in [1.165, 1.54) is 18.2 Å². The third-order valence-corrected chi connectivity index (χ3v) is 2.38. The summed E-state index contributed by atoms with van der Waals surface area (Å²) in [7, 11) is 0. The highest BCUT2D eigenvalue weighted by Crippen LogP contribution is 2.26. The maximum absolute atomic E-state index is 13.0. The van der Waals surface area contributed by atoms with Gasteiger partial charge in [0.05, 0.1) is 4.92 Å². The van der Waals surface area contributed by atoms with Crippen LogP contribution in [0.15, 0.2) is 36.4 Å². The maximum atomic E-state index is 13.0. The van der Waals surface area contributed by atoms with Crippen LogP contribution in [0.3, 0.4) is 0 Å². The molecule has 0 saturated heterocycles. The number of nitro groups is 1. The van der Waals surface area contributed by atoms with E-state index in [0.29, 0.717) is 0 Å². The molecule has 0 amide bonds. The zero-order chi connectivity index (χ0) is 14.7. The van der Waals surface area contributed by atoms with Crippen molar-refractivity contribution in [3.8, 4) is 0 Å². The van der Waals surface area contributed by atoms with Gasteiger partial charge in [0.25, 0.3) is 0 Å². The third kappa shape index (κ3) is 2.86. The fourth-order valence-corrected chi connectivity index (χ4v) is 1.51. The summed E-state index contributed by atoms with van der Waals surface area (Å²) in [6, 6.07) is 7.25. The van der Waals surface area contributed by atoms with Gasteiger partial charge in [-0.1, -0.05) is 6.07 Å². The summed E-state index contributed by atoms with van der Waals surface area (Å²) in [5.74, 6) is -2.12. The number of nitrogens with zero attached hydrogens (tertiary/aromatic N) is 2. The van der Waals surface area contributed by atoms with Crippen molar-refractivity contribution in [2.24, 2.45) is 0 Å². The van der Waals surface area contributed by atoms with E-state index in [1.807, 2.05) is 0 Å². The smallest absolute Gasteiger partial charge is 0.354 e. The Hall–Kier alpha value is -3.03. The fraction of sp³-hybridized carbons (Fsp3) is 0. The summed E-state index contributed by atoms with van der Waals surface area (Å²) in [4.78, 5) is 24.6. The van der Waals surface area contributed by atoms with Gasteiger partial charge in [-0.3, -0.25) is 10.1 Å². The second kappa shape index (κ2) is 5.31. The molecule has 102 valence electrons. The molecule has 0 bridgehead atoms. The second-order valence-corrected chi connectivity index (χ2v) is 3.76. The molecule has 1 aromatic carbocycles. The Morgan fingerprint density at radius 3 is 2.70 bits per heavy atom. The van der Waals surface area contributed by atoms with E-state index < -0.39 is 22.4 Å². The summed E-state index contributed by atoms with van der Waals surface area (Å²) < 4.78 is 13.0. The van der Waals surface area contributed by atoms with Crippen molar-refractivity contribution < 1.29 is 19.2 Å². The van der Waals surface area contributed by atoms with Gasteiger partial charge in [0.15, 0.2) is 5.69 Å². The Kier molecular flexibility index (Phi) is 3.56. The number of halogens is 1. The lowest BCUT2D eigenvalue weighted by Crippen LogP contribution is -2.06. The lowest BCUT2D eigenvalue weighted by Gasteiger charge is -2.07. The van der Waals surface area contributed by atoms with Crippen molar-refractivity contribution in [1.29, 1.82) is 0 Å². The van der Waals surface area contributed by atoms with Crippen molar-refractivity contribution in [2.75, 3.05) is 5.32 Å². The molecule has 0 atom stereocenters. The Morgan fingerprint density at radius 1 is 1.35 bits per heavy atom. The zero-order valence-corrected chi connectivity index (χ0v) is 9.91. The Morgan fingerprint density at radius 2 is 2.10 bits per heavy atom. The van der Waals surface area contributed by atoms with Gasteiger partial charge in [-0.05, 0) is 24.3 Å². The molecule has 0 aliphatic heterocycles. The van der Waals surface area contributed by atoms with Gasteiger partial charge < -0.3 is 10.4 Å². The van der Waals surface area contributed by atoms with Crippen molar-refractivity contribution >= 4 is 23.2 Å². The minimum Gasteiger partial charge on any atom is -0.477 e. The normalized spacial score (nSPS) is 10.1. The quantitative estimate of drug-likeness (QED) is 0.657. The van der Waals surface area contributed by atoms with E-state index in [-0.39, 0.29) is 17.2 Å². The topological polar surface area (TPSA) is 105 Å². The molecule has 0 aliphatic carbocycles. The predicted octanol–water partition coefficient (Wildman–Crippen LogP) is 2.57. The van der Waals surface area contributed by atoms with Crippen LogP contribution in [0.5, 0.6) is 0 Å². The first-order valence-corrected chi connectivity index (χ1v) is 5.38. The summed E-state index contributed by atoms with van der Waals surface area (Å²) in [5, 5.41) is 22.2. The van der Waals surface area contributed by atoms with Crippen LogP contribution in [0.4, 0.5) is 21.6 Å². The van der Waals surface area contributed by atoms with Crippen molar-refractivity contribution in [3.63, 3.8) is 0 Å². The second-order valence-electron chi connectivity index (χ2n) is 3.76. The Balaban J connectivity index is 2.44. The number of pyridine rings is 1. The highest BCUT2D eigenvalue weighted by molar-refractivity contribution is 5.86. The number of aromatic carboxylic acids is 1. The van der Waals surface area contributed by atoms with Gasteiger partial charge in [0, 0.05) is 11.8 Å². The highest BCUT2D eigenvalue weighted by Gasteiger charge is 2.18. The summed E-state index contributed by atoms with van der Waals surface area (Å²) in [6.45, 7) is 0. The van der Waals surface area contributed by atoms with E-state index in [4.69, 9.17) is 5.11 Å². The van der Waals surface area contributed by atoms with Gasteiger partial charge in [0.2, 0.25) is 5.82 Å². The number of aromatic nitrogens is 1. The lowest BCUT2D eigenvalue weighted by atomic mass is 10.3. The van der Waals surface area contributed by atoms with Gasteiger partial charge in [-0.15, -0.1) is 0 Å². The molecule has 8 heteroatoms. The van der Waals surface area contributed by atoms with Crippen LogP contribution >= 0.6 is 0 Å². The van der Waals surface area contributed by atoms with Crippen LogP contribution < -0.4 is 5.32 Å². The molecule has 0 aliphatic rings. The summed E-state index contributed by atoms with van der Waals surface area (Å²) in [6.07, 6.45) is 0. The largest absolute Gasteiger partial charge is 0.477 e. The molecule has 2 aromatic rings. The first-order valence-electron chi connectivity index (χ1n) is 5.38. The molecule has 1 heterocycles. The molecular weight excluding hydrogens is 269 g/mol. The van der Waals surface area contributed by atoms with Gasteiger partial charge in [0.1, 0.15) is 5.82 Å². The van der Waals surface area contributed by atoms with Crippen LogP contribution in [-0.2, 0) is 0 Å². The number of rotatable bonds is 4. The number of carboxylic acid groups (broad SMARTS) is 1. The van der Waals surface area contributed by atoms with Crippen LogP contribution in [0, 0.1) is 15.9 Å².